The molecule has 0 amide bonds. The average molecular weight is 278 g/mol. The largest absolute Gasteiger partial charge is 0.438 e. The van der Waals surface area contributed by atoms with Crippen molar-refractivity contribution in [3.8, 4) is 11.6 Å². The van der Waals surface area contributed by atoms with Gasteiger partial charge in [0.15, 0.2) is 0 Å². The minimum atomic E-state index is 0.607. The maximum Gasteiger partial charge on any atom is 0.219 e. The third kappa shape index (κ3) is 2.61. The molecule has 2 nitrogen and oxygen atoms in total. The van der Waals surface area contributed by atoms with E-state index < -0.39 is 0 Å². The van der Waals surface area contributed by atoms with Gasteiger partial charge in [0, 0.05) is 12.3 Å². The van der Waals surface area contributed by atoms with Crippen molar-refractivity contribution in [3.63, 3.8) is 0 Å². The van der Waals surface area contributed by atoms with Crippen LogP contribution in [0.15, 0.2) is 41.0 Å². The summed E-state index contributed by atoms with van der Waals surface area (Å²) in [5.41, 5.74) is 2.31. The van der Waals surface area contributed by atoms with Gasteiger partial charge in [0.2, 0.25) is 5.88 Å². The Morgan fingerprint density at radius 1 is 1.06 bits per heavy atom. The molecule has 0 aliphatic carbocycles. The molecule has 0 saturated heterocycles. The monoisotopic (exact) mass is 277 g/mol. The molecule has 1 aromatic heterocycles. The third-order valence-corrected chi connectivity index (χ3v) is 2.81. The molecule has 1 heterocycles. The lowest BCUT2D eigenvalue weighted by atomic mass is 10.2. The van der Waals surface area contributed by atoms with Crippen LogP contribution in [0.2, 0.25) is 0 Å². The highest BCUT2D eigenvalue weighted by molar-refractivity contribution is 9.10. The van der Waals surface area contributed by atoms with Gasteiger partial charge in [0.05, 0.1) is 4.47 Å². The summed E-state index contributed by atoms with van der Waals surface area (Å²) in [7, 11) is 0. The molecule has 0 radical (unpaired) electrons. The molecule has 1 aromatic carbocycles. The fraction of sp³-hybridized carbons (Fsp3) is 0.154. The van der Waals surface area contributed by atoms with Crippen molar-refractivity contribution in [2.24, 2.45) is 0 Å². The lowest BCUT2D eigenvalue weighted by Crippen LogP contribution is -1.89. The number of halogens is 1. The second-order valence-corrected chi connectivity index (χ2v) is 4.56. The Hall–Kier alpha value is -1.35. The molecule has 0 saturated carbocycles. The normalized spacial score (nSPS) is 10.2. The van der Waals surface area contributed by atoms with Gasteiger partial charge in [-0.15, -0.1) is 0 Å². The van der Waals surface area contributed by atoms with E-state index in [4.69, 9.17) is 4.74 Å². The number of benzene rings is 1. The maximum absolute atomic E-state index is 5.66. The first-order valence-electron chi connectivity index (χ1n) is 5.02. The summed E-state index contributed by atoms with van der Waals surface area (Å²) in [6.45, 7) is 4.04. The van der Waals surface area contributed by atoms with E-state index in [0.717, 1.165) is 15.8 Å². The van der Waals surface area contributed by atoms with Gasteiger partial charge in [0.1, 0.15) is 5.75 Å². The Kier molecular flexibility index (Phi) is 3.25. The summed E-state index contributed by atoms with van der Waals surface area (Å²) in [5.74, 6) is 1.39. The van der Waals surface area contributed by atoms with E-state index in [1.165, 1.54) is 5.56 Å². The summed E-state index contributed by atoms with van der Waals surface area (Å²) < 4.78 is 6.60. The van der Waals surface area contributed by atoms with Crippen LogP contribution in [0.5, 0.6) is 11.6 Å². The molecule has 0 N–H and O–H groups in total. The third-order valence-electron chi connectivity index (χ3n) is 2.19. The number of aryl methyl sites for hydroxylation is 2. The zero-order valence-electron chi connectivity index (χ0n) is 9.20. The van der Waals surface area contributed by atoms with Gasteiger partial charge >= 0.3 is 0 Å². The topological polar surface area (TPSA) is 22.1 Å². The molecule has 0 atom stereocenters. The molecule has 82 valence electrons. The van der Waals surface area contributed by atoms with Crippen LogP contribution in [-0.2, 0) is 0 Å². The van der Waals surface area contributed by atoms with Crippen LogP contribution in [0.1, 0.15) is 11.1 Å². The Morgan fingerprint density at radius 3 is 2.44 bits per heavy atom. The van der Waals surface area contributed by atoms with E-state index in [0.29, 0.717) is 5.88 Å². The van der Waals surface area contributed by atoms with Crippen LogP contribution < -0.4 is 4.74 Å². The molecular formula is C13H12BrNO. The highest BCUT2D eigenvalue weighted by atomic mass is 79.9. The predicted molar refractivity (Wildman–Crippen MR) is 67.9 cm³/mol. The second-order valence-electron chi connectivity index (χ2n) is 3.71. The second kappa shape index (κ2) is 4.66. The minimum absolute atomic E-state index is 0.607. The van der Waals surface area contributed by atoms with E-state index in [1.54, 1.807) is 6.20 Å². The molecular weight excluding hydrogens is 266 g/mol. The summed E-state index contributed by atoms with van der Waals surface area (Å²) >= 11 is 3.47. The molecule has 2 rings (SSSR count). The standard InChI is InChI=1S/C13H12BrNO/c1-9-3-5-12(11(14)7-9)16-13-6-4-10(2)8-15-13/h3-8H,1-2H3. The van der Waals surface area contributed by atoms with Crippen molar-refractivity contribution in [2.45, 2.75) is 13.8 Å². The fourth-order valence-electron chi connectivity index (χ4n) is 1.32. The number of nitrogens with zero attached hydrogens (tertiary/aromatic N) is 1. The highest BCUT2D eigenvalue weighted by Crippen LogP contribution is 2.29. The minimum Gasteiger partial charge on any atom is -0.438 e. The molecule has 0 unspecified atom stereocenters. The lowest BCUT2D eigenvalue weighted by Gasteiger charge is -2.07. The van der Waals surface area contributed by atoms with Crippen molar-refractivity contribution in [1.29, 1.82) is 0 Å². The van der Waals surface area contributed by atoms with Crippen molar-refractivity contribution in [2.75, 3.05) is 0 Å². The molecule has 0 spiro atoms. The molecule has 2 aromatic rings. The number of rotatable bonds is 2. The Labute approximate surface area is 103 Å². The van der Waals surface area contributed by atoms with Gasteiger partial charge < -0.3 is 4.74 Å². The van der Waals surface area contributed by atoms with Gasteiger partial charge in [-0.3, -0.25) is 0 Å². The fourth-order valence-corrected chi connectivity index (χ4v) is 1.89. The predicted octanol–water partition coefficient (Wildman–Crippen LogP) is 4.25. The van der Waals surface area contributed by atoms with Gasteiger partial charge in [-0.25, -0.2) is 4.98 Å². The Bertz CT molecular complexity index is 494. The summed E-state index contributed by atoms with van der Waals surface area (Å²) in [4.78, 5) is 4.19. The molecule has 0 fully saturated rings. The van der Waals surface area contributed by atoms with Crippen LogP contribution in [0.3, 0.4) is 0 Å². The van der Waals surface area contributed by atoms with Crippen molar-refractivity contribution >= 4 is 15.9 Å². The maximum atomic E-state index is 5.66. The average Bonchev–Trinajstić information content (AvgIpc) is 2.25. The molecule has 16 heavy (non-hydrogen) atoms. The first-order chi connectivity index (χ1) is 7.65. The van der Waals surface area contributed by atoms with E-state index in [2.05, 4.69) is 20.9 Å². The summed E-state index contributed by atoms with van der Waals surface area (Å²) in [6, 6.07) is 9.80. The zero-order valence-corrected chi connectivity index (χ0v) is 10.8. The number of hydrogen-bond donors (Lipinski definition) is 0. The first kappa shape index (κ1) is 11.1. The van der Waals surface area contributed by atoms with Crippen molar-refractivity contribution in [3.05, 3.63) is 52.1 Å². The van der Waals surface area contributed by atoms with Crippen molar-refractivity contribution in [1.82, 2.24) is 4.98 Å². The smallest absolute Gasteiger partial charge is 0.219 e. The zero-order chi connectivity index (χ0) is 11.5. The van der Waals surface area contributed by atoms with Crippen LogP contribution in [0.25, 0.3) is 0 Å². The van der Waals surface area contributed by atoms with E-state index >= 15 is 0 Å². The number of ether oxygens (including phenoxy) is 1. The highest BCUT2D eigenvalue weighted by Gasteiger charge is 2.03. The SMILES string of the molecule is Cc1ccc(Oc2ccc(C)cc2Br)nc1. The number of hydrogen-bond acceptors (Lipinski definition) is 2. The summed E-state index contributed by atoms with van der Waals surface area (Å²) in [6.07, 6.45) is 1.79. The van der Waals surface area contributed by atoms with E-state index in [9.17, 15) is 0 Å². The van der Waals surface area contributed by atoms with Crippen molar-refractivity contribution < 1.29 is 4.74 Å². The van der Waals surface area contributed by atoms with Crippen LogP contribution in [0, 0.1) is 13.8 Å². The van der Waals surface area contributed by atoms with Gasteiger partial charge in [-0.1, -0.05) is 12.1 Å². The van der Waals surface area contributed by atoms with E-state index in [-0.39, 0.29) is 0 Å². The summed E-state index contributed by atoms with van der Waals surface area (Å²) in [5, 5.41) is 0. The van der Waals surface area contributed by atoms with Gasteiger partial charge in [0.25, 0.3) is 0 Å². The lowest BCUT2D eigenvalue weighted by molar-refractivity contribution is 0.460. The molecule has 0 aliphatic heterocycles. The number of pyridine rings is 1. The van der Waals surface area contributed by atoms with Crippen LogP contribution >= 0.6 is 15.9 Å². The van der Waals surface area contributed by atoms with Gasteiger partial charge in [-0.05, 0) is 53.0 Å². The Balaban J connectivity index is 2.23. The van der Waals surface area contributed by atoms with Crippen LogP contribution in [0.4, 0.5) is 0 Å². The molecule has 0 bridgehead atoms. The van der Waals surface area contributed by atoms with Gasteiger partial charge in [-0.2, -0.15) is 0 Å². The Morgan fingerprint density at radius 2 is 1.81 bits per heavy atom. The first-order valence-corrected chi connectivity index (χ1v) is 5.81. The molecule has 0 aliphatic rings. The van der Waals surface area contributed by atoms with E-state index in [1.807, 2.05) is 44.2 Å². The quantitative estimate of drug-likeness (QED) is 0.819. The van der Waals surface area contributed by atoms with Crippen LogP contribution in [-0.4, -0.2) is 4.98 Å². The molecule has 3 heteroatoms. The number of aromatic nitrogens is 1.